The van der Waals surface area contributed by atoms with Crippen molar-refractivity contribution in [1.82, 2.24) is 10.3 Å². The summed E-state index contributed by atoms with van der Waals surface area (Å²) in [6.45, 7) is 3.49. The van der Waals surface area contributed by atoms with E-state index in [-0.39, 0.29) is 29.6 Å². The first kappa shape index (κ1) is 17.6. The summed E-state index contributed by atoms with van der Waals surface area (Å²) >= 11 is 5.97. The van der Waals surface area contributed by atoms with Crippen LogP contribution in [0.4, 0.5) is 0 Å². The summed E-state index contributed by atoms with van der Waals surface area (Å²) in [5, 5.41) is 11.7. The molecule has 1 aromatic carbocycles. The van der Waals surface area contributed by atoms with E-state index in [0.29, 0.717) is 16.9 Å². The largest absolute Gasteiger partial charge is 0.482 e. The third kappa shape index (κ3) is 4.37. The van der Waals surface area contributed by atoms with Crippen molar-refractivity contribution in [1.29, 1.82) is 5.26 Å². The molecule has 0 aliphatic rings. The third-order valence-electron chi connectivity index (χ3n) is 3.38. The number of rotatable bonds is 5. The number of carbonyl (C=O) groups is 1. The van der Waals surface area contributed by atoms with Gasteiger partial charge in [-0.25, -0.2) is 0 Å². The Labute approximate surface area is 144 Å². The maximum Gasteiger partial charge on any atom is 0.258 e. The van der Waals surface area contributed by atoms with Crippen LogP contribution in [0.15, 0.2) is 29.1 Å². The number of nitrogens with zero attached hydrogens (tertiary/aromatic N) is 1. The number of benzene rings is 1. The molecule has 2 aromatic rings. The molecule has 0 aliphatic carbocycles. The summed E-state index contributed by atoms with van der Waals surface area (Å²) in [6, 6.07) is 8.35. The van der Waals surface area contributed by atoms with E-state index in [1.165, 1.54) is 12.1 Å². The Kier molecular flexibility index (Phi) is 5.61. The second-order valence-corrected chi connectivity index (χ2v) is 5.67. The van der Waals surface area contributed by atoms with Crippen molar-refractivity contribution in [2.75, 3.05) is 6.61 Å². The average Bonchev–Trinajstić information content (AvgIpc) is 2.52. The van der Waals surface area contributed by atoms with E-state index >= 15 is 0 Å². The molecule has 0 unspecified atom stereocenters. The molecule has 6 nitrogen and oxygen atoms in total. The standard InChI is InChI=1S/C17H16ClN3O3/c1-10-5-11(2)21-17(23)13(10)8-20-16(22)9-24-15-4-3-12(7-19)6-14(15)18/h3-6H,8-9H2,1-2H3,(H,20,22)(H,21,23). The van der Waals surface area contributed by atoms with Gasteiger partial charge in [0.2, 0.25) is 0 Å². The Balaban J connectivity index is 1.93. The lowest BCUT2D eigenvalue weighted by atomic mass is 10.1. The molecule has 2 N–H and O–H groups in total. The topological polar surface area (TPSA) is 95.0 Å². The van der Waals surface area contributed by atoms with Crippen LogP contribution in [0.5, 0.6) is 5.75 Å². The predicted molar refractivity (Wildman–Crippen MR) is 90.0 cm³/mol. The van der Waals surface area contributed by atoms with Crippen LogP contribution in [-0.4, -0.2) is 17.5 Å². The van der Waals surface area contributed by atoms with E-state index < -0.39 is 0 Å². The zero-order valence-corrected chi connectivity index (χ0v) is 14.0. The maximum atomic E-state index is 11.9. The minimum absolute atomic E-state index is 0.116. The summed E-state index contributed by atoms with van der Waals surface area (Å²) in [6.07, 6.45) is 0. The smallest absolute Gasteiger partial charge is 0.258 e. The van der Waals surface area contributed by atoms with Crippen LogP contribution >= 0.6 is 11.6 Å². The Morgan fingerprint density at radius 2 is 2.12 bits per heavy atom. The van der Waals surface area contributed by atoms with Gasteiger partial charge in [0.25, 0.3) is 11.5 Å². The number of nitrogens with one attached hydrogen (secondary N) is 2. The molecule has 1 heterocycles. The SMILES string of the molecule is Cc1cc(C)c(CNC(=O)COc2ccc(C#N)cc2Cl)c(=O)[nH]1. The number of pyridine rings is 1. The fourth-order valence-corrected chi connectivity index (χ4v) is 2.41. The van der Waals surface area contributed by atoms with Gasteiger partial charge in [0.1, 0.15) is 5.75 Å². The van der Waals surface area contributed by atoms with Crippen molar-refractivity contribution in [3.05, 3.63) is 62.0 Å². The molecule has 1 aromatic heterocycles. The molecule has 0 saturated heterocycles. The normalized spacial score (nSPS) is 10.1. The molecular weight excluding hydrogens is 330 g/mol. The van der Waals surface area contributed by atoms with Gasteiger partial charge in [-0.2, -0.15) is 5.26 Å². The molecule has 7 heteroatoms. The van der Waals surface area contributed by atoms with Gasteiger partial charge in [0.05, 0.1) is 16.7 Å². The molecule has 2 rings (SSSR count). The van der Waals surface area contributed by atoms with Gasteiger partial charge in [0.15, 0.2) is 6.61 Å². The van der Waals surface area contributed by atoms with Crippen molar-refractivity contribution in [2.45, 2.75) is 20.4 Å². The zero-order chi connectivity index (χ0) is 17.7. The van der Waals surface area contributed by atoms with E-state index in [1.807, 2.05) is 19.1 Å². The Morgan fingerprint density at radius 3 is 2.75 bits per heavy atom. The van der Waals surface area contributed by atoms with Crippen LogP contribution < -0.4 is 15.6 Å². The van der Waals surface area contributed by atoms with E-state index in [0.717, 1.165) is 11.3 Å². The molecule has 1 amide bonds. The van der Waals surface area contributed by atoms with Crippen molar-refractivity contribution < 1.29 is 9.53 Å². The highest BCUT2D eigenvalue weighted by atomic mass is 35.5. The summed E-state index contributed by atoms with van der Waals surface area (Å²) < 4.78 is 5.33. The highest BCUT2D eigenvalue weighted by Gasteiger charge is 2.09. The van der Waals surface area contributed by atoms with Gasteiger partial charge >= 0.3 is 0 Å². The number of hydrogen-bond acceptors (Lipinski definition) is 4. The quantitative estimate of drug-likeness (QED) is 0.868. The fraction of sp³-hybridized carbons (Fsp3) is 0.235. The van der Waals surface area contributed by atoms with Crippen LogP contribution in [0.25, 0.3) is 0 Å². The average molecular weight is 346 g/mol. The van der Waals surface area contributed by atoms with Crippen molar-refractivity contribution in [3.8, 4) is 11.8 Å². The molecule has 24 heavy (non-hydrogen) atoms. The van der Waals surface area contributed by atoms with E-state index in [9.17, 15) is 9.59 Å². The van der Waals surface area contributed by atoms with Gasteiger partial charge in [-0.05, 0) is 43.7 Å². The number of ether oxygens (including phenoxy) is 1. The minimum atomic E-state index is -0.380. The second kappa shape index (κ2) is 7.66. The van der Waals surface area contributed by atoms with Crippen molar-refractivity contribution in [3.63, 3.8) is 0 Å². The number of nitriles is 1. The summed E-state index contributed by atoms with van der Waals surface area (Å²) in [4.78, 5) is 26.4. The van der Waals surface area contributed by atoms with Gasteiger partial charge in [0, 0.05) is 17.8 Å². The lowest BCUT2D eigenvalue weighted by Crippen LogP contribution is -2.31. The van der Waals surface area contributed by atoms with Crippen LogP contribution in [-0.2, 0) is 11.3 Å². The van der Waals surface area contributed by atoms with Gasteiger partial charge in [-0.1, -0.05) is 11.6 Å². The number of carbonyl (C=O) groups excluding carboxylic acids is 1. The van der Waals surface area contributed by atoms with Crippen molar-refractivity contribution >= 4 is 17.5 Å². The molecule has 0 bridgehead atoms. The number of aryl methyl sites for hydroxylation is 2. The zero-order valence-electron chi connectivity index (χ0n) is 13.3. The Morgan fingerprint density at radius 1 is 1.38 bits per heavy atom. The molecule has 0 spiro atoms. The molecule has 0 atom stereocenters. The first-order chi connectivity index (χ1) is 11.4. The number of amides is 1. The lowest BCUT2D eigenvalue weighted by Gasteiger charge is -2.10. The monoisotopic (exact) mass is 345 g/mol. The number of aromatic amines is 1. The molecule has 0 saturated carbocycles. The maximum absolute atomic E-state index is 11.9. The molecular formula is C17H16ClN3O3. The van der Waals surface area contributed by atoms with Gasteiger partial charge < -0.3 is 15.0 Å². The van der Waals surface area contributed by atoms with E-state index in [2.05, 4.69) is 10.3 Å². The number of H-pyrrole nitrogens is 1. The first-order valence-corrected chi connectivity index (χ1v) is 7.57. The van der Waals surface area contributed by atoms with Crippen LogP contribution in [0, 0.1) is 25.2 Å². The summed E-state index contributed by atoms with van der Waals surface area (Å²) in [5.74, 6) is -0.0648. The van der Waals surface area contributed by atoms with Crippen LogP contribution in [0.1, 0.15) is 22.4 Å². The fourth-order valence-electron chi connectivity index (χ4n) is 2.17. The van der Waals surface area contributed by atoms with Gasteiger partial charge in [-0.15, -0.1) is 0 Å². The minimum Gasteiger partial charge on any atom is -0.482 e. The first-order valence-electron chi connectivity index (χ1n) is 7.19. The number of halogens is 1. The Bertz CT molecular complexity index is 868. The number of hydrogen-bond donors (Lipinski definition) is 2. The van der Waals surface area contributed by atoms with E-state index in [4.69, 9.17) is 21.6 Å². The molecule has 0 radical (unpaired) electrons. The summed E-state index contributed by atoms with van der Waals surface area (Å²) in [5.41, 5.74) is 2.28. The second-order valence-electron chi connectivity index (χ2n) is 5.27. The lowest BCUT2D eigenvalue weighted by molar-refractivity contribution is -0.123. The van der Waals surface area contributed by atoms with E-state index in [1.54, 1.807) is 13.0 Å². The molecule has 0 fully saturated rings. The Hall–Kier alpha value is -2.78. The highest BCUT2D eigenvalue weighted by Crippen LogP contribution is 2.25. The number of aromatic nitrogens is 1. The highest BCUT2D eigenvalue weighted by molar-refractivity contribution is 6.32. The van der Waals surface area contributed by atoms with Crippen LogP contribution in [0.2, 0.25) is 5.02 Å². The summed E-state index contributed by atoms with van der Waals surface area (Å²) in [7, 11) is 0. The predicted octanol–water partition coefficient (Wildman–Crippen LogP) is 2.21. The third-order valence-corrected chi connectivity index (χ3v) is 3.67. The molecule has 124 valence electrons. The van der Waals surface area contributed by atoms with Crippen molar-refractivity contribution in [2.24, 2.45) is 0 Å². The van der Waals surface area contributed by atoms with Gasteiger partial charge in [-0.3, -0.25) is 9.59 Å². The van der Waals surface area contributed by atoms with Crippen LogP contribution in [0.3, 0.4) is 0 Å². The molecule has 0 aliphatic heterocycles.